The molecule has 1 aliphatic carbocycles. The molecule has 300 valence electrons. The Labute approximate surface area is 331 Å². The zero-order valence-corrected chi connectivity index (χ0v) is 34.0. The Hall–Kier alpha value is -4.63. The van der Waals surface area contributed by atoms with Crippen molar-refractivity contribution >= 4 is 47.3 Å². The summed E-state index contributed by atoms with van der Waals surface area (Å²) in [5.74, 6) is -0.549. The third-order valence-corrected chi connectivity index (χ3v) is 17.4. The summed E-state index contributed by atoms with van der Waals surface area (Å²) in [6.07, 6.45) is -0.565. The number of carbonyl (C=O) groups is 1. The summed E-state index contributed by atoms with van der Waals surface area (Å²) in [4.78, 5) is 24.7. The van der Waals surface area contributed by atoms with Crippen LogP contribution in [-0.4, -0.2) is 82.1 Å². The second kappa shape index (κ2) is 14.6. The molecule has 3 aliphatic rings. The van der Waals surface area contributed by atoms with Crippen LogP contribution in [0.3, 0.4) is 0 Å². The van der Waals surface area contributed by atoms with E-state index >= 15 is 0 Å². The Morgan fingerprint density at radius 2 is 1.60 bits per heavy atom. The van der Waals surface area contributed by atoms with E-state index in [4.69, 9.17) is 9.16 Å². The molecule has 0 spiro atoms. The van der Waals surface area contributed by atoms with Crippen molar-refractivity contribution in [3.8, 4) is 0 Å². The SMILES string of the molecule is Cc1c(N(C(=O)O)c2ncc3cc(C(F)(F)F)c(C4CCN(C5(C)COCC5O[Si](c5ccccc5)(c5ccccc5)C(C)(C)C)CC4)cc3n2)cnn1C1CC1. The van der Waals surface area contributed by atoms with Crippen molar-refractivity contribution in [3.05, 3.63) is 102 Å². The summed E-state index contributed by atoms with van der Waals surface area (Å²) in [5.41, 5.74) is 0.150. The van der Waals surface area contributed by atoms with E-state index in [1.165, 1.54) is 28.8 Å². The van der Waals surface area contributed by atoms with Gasteiger partial charge in [-0.3, -0.25) is 9.58 Å². The van der Waals surface area contributed by atoms with Crippen LogP contribution in [0.25, 0.3) is 10.9 Å². The van der Waals surface area contributed by atoms with Crippen molar-refractivity contribution in [3.63, 3.8) is 0 Å². The minimum absolute atomic E-state index is 0.143. The lowest BCUT2D eigenvalue weighted by Gasteiger charge is -2.50. The number of ether oxygens (including phenoxy) is 1. The van der Waals surface area contributed by atoms with Crippen LogP contribution < -0.4 is 15.3 Å². The number of alkyl halides is 3. The minimum atomic E-state index is -4.61. The maximum absolute atomic E-state index is 14.8. The van der Waals surface area contributed by atoms with E-state index in [2.05, 4.69) is 96.2 Å². The van der Waals surface area contributed by atoms with Crippen LogP contribution in [0.1, 0.15) is 82.2 Å². The monoisotopic (exact) mass is 798 g/mol. The summed E-state index contributed by atoms with van der Waals surface area (Å²) < 4.78 is 59.9. The molecular weight excluding hydrogens is 750 g/mol. The summed E-state index contributed by atoms with van der Waals surface area (Å²) in [5, 5.41) is 17.0. The maximum atomic E-state index is 14.8. The lowest BCUT2D eigenvalue weighted by molar-refractivity contribution is -0.138. The first-order valence-corrected chi connectivity index (χ1v) is 21.6. The van der Waals surface area contributed by atoms with Crippen LogP contribution in [0.15, 0.2) is 85.2 Å². The van der Waals surface area contributed by atoms with Gasteiger partial charge in [0.1, 0.15) is 0 Å². The molecule has 2 saturated heterocycles. The number of carboxylic acid groups (broad SMARTS) is 1. The van der Waals surface area contributed by atoms with Crippen LogP contribution in [0.2, 0.25) is 5.04 Å². The number of benzene rings is 3. The van der Waals surface area contributed by atoms with Crippen molar-refractivity contribution in [1.82, 2.24) is 24.6 Å². The largest absolute Gasteiger partial charge is 0.464 e. The van der Waals surface area contributed by atoms with Crippen LogP contribution in [0.5, 0.6) is 0 Å². The van der Waals surface area contributed by atoms with Gasteiger partial charge in [0.2, 0.25) is 5.95 Å². The normalized spacial score (nSPS) is 21.3. The average molecular weight is 799 g/mol. The van der Waals surface area contributed by atoms with Gasteiger partial charge in [-0.25, -0.2) is 19.7 Å². The molecule has 4 heterocycles. The lowest BCUT2D eigenvalue weighted by Crippen LogP contribution is -2.70. The number of aromatic nitrogens is 4. The van der Waals surface area contributed by atoms with Gasteiger partial charge in [-0.1, -0.05) is 81.4 Å². The summed E-state index contributed by atoms with van der Waals surface area (Å²) in [6, 6.07) is 23.8. The summed E-state index contributed by atoms with van der Waals surface area (Å²) in [7, 11) is -2.92. The first-order valence-electron chi connectivity index (χ1n) is 19.7. The Balaban J connectivity index is 1.08. The molecular formula is C43H49F3N6O4Si. The zero-order valence-electron chi connectivity index (χ0n) is 33.0. The second-order valence-electron chi connectivity index (χ2n) is 17.0. The fraction of sp³-hybridized carbons (Fsp3) is 0.442. The molecule has 10 nitrogen and oxygen atoms in total. The highest BCUT2D eigenvalue weighted by molar-refractivity contribution is 6.99. The van der Waals surface area contributed by atoms with Gasteiger partial charge in [-0.05, 0) is 91.6 Å². The number of piperidine rings is 1. The van der Waals surface area contributed by atoms with Gasteiger partial charge in [0, 0.05) is 11.6 Å². The molecule has 0 radical (unpaired) electrons. The minimum Gasteiger partial charge on any atom is -0.464 e. The number of rotatable bonds is 9. The van der Waals surface area contributed by atoms with Crippen molar-refractivity contribution in [1.29, 1.82) is 0 Å². The quantitative estimate of drug-likeness (QED) is 0.149. The predicted molar refractivity (Wildman–Crippen MR) is 215 cm³/mol. The number of nitrogens with zero attached hydrogens (tertiary/aromatic N) is 6. The van der Waals surface area contributed by atoms with Crippen molar-refractivity contribution in [2.45, 2.75) is 95.1 Å². The van der Waals surface area contributed by atoms with Crippen LogP contribution in [-0.2, 0) is 15.3 Å². The number of hydrogen-bond donors (Lipinski definition) is 1. The zero-order chi connectivity index (χ0) is 40.3. The fourth-order valence-corrected chi connectivity index (χ4v) is 13.9. The Bertz CT molecular complexity index is 2210. The van der Waals surface area contributed by atoms with Gasteiger partial charge in [0.25, 0.3) is 8.32 Å². The topological polar surface area (TPSA) is 106 Å². The smallest absolute Gasteiger partial charge is 0.419 e. The molecule has 2 unspecified atom stereocenters. The molecule has 1 saturated carbocycles. The molecule has 5 aromatic rings. The number of amides is 1. The highest BCUT2D eigenvalue weighted by Gasteiger charge is 2.56. The summed E-state index contributed by atoms with van der Waals surface area (Å²) in [6.45, 7) is 12.7. The number of fused-ring (bicyclic) bond motifs is 1. The molecule has 2 aromatic heterocycles. The molecule has 1 amide bonds. The lowest BCUT2D eigenvalue weighted by atomic mass is 9.83. The first kappa shape index (κ1) is 39.2. The van der Waals surface area contributed by atoms with Gasteiger partial charge < -0.3 is 14.3 Å². The van der Waals surface area contributed by atoms with E-state index in [0.29, 0.717) is 50.5 Å². The van der Waals surface area contributed by atoms with E-state index in [9.17, 15) is 23.1 Å². The summed E-state index contributed by atoms with van der Waals surface area (Å²) >= 11 is 0. The molecule has 3 aromatic carbocycles. The average Bonchev–Trinajstić information content (AvgIpc) is 3.86. The van der Waals surface area contributed by atoms with Crippen molar-refractivity contribution in [2.24, 2.45) is 0 Å². The molecule has 57 heavy (non-hydrogen) atoms. The van der Waals surface area contributed by atoms with Gasteiger partial charge in [0.05, 0.1) is 59.6 Å². The highest BCUT2D eigenvalue weighted by Crippen LogP contribution is 2.45. The van der Waals surface area contributed by atoms with E-state index < -0.39 is 37.6 Å². The van der Waals surface area contributed by atoms with Crippen molar-refractivity contribution in [2.75, 3.05) is 31.2 Å². The van der Waals surface area contributed by atoms with Gasteiger partial charge in [-0.2, -0.15) is 18.3 Å². The molecule has 3 fully saturated rings. The molecule has 1 N–H and O–H groups in total. The Morgan fingerprint density at radius 3 is 2.16 bits per heavy atom. The first-order chi connectivity index (χ1) is 27.1. The van der Waals surface area contributed by atoms with Gasteiger partial charge in [0.15, 0.2) is 0 Å². The van der Waals surface area contributed by atoms with Gasteiger partial charge in [-0.15, -0.1) is 0 Å². The third kappa shape index (κ3) is 7.04. The molecule has 2 atom stereocenters. The second-order valence-corrected chi connectivity index (χ2v) is 21.2. The fourth-order valence-electron chi connectivity index (χ4n) is 9.10. The van der Waals surface area contributed by atoms with E-state index in [1.54, 1.807) is 11.6 Å². The number of halogens is 3. The third-order valence-electron chi connectivity index (χ3n) is 12.3. The Morgan fingerprint density at radius 1 is 0.965 bits per heavy atom. The van der Waals surface area contributed by atoms with Crippen LogP contribution in [0, 0.1) is 6.92 Å². The van der Waals surface area contributed by atoms with Crippen LogP contribution >= 0.6 is 0 Å². The standard InChI is InChI=1S/C43H49F3N6O4Si/c1-28-37(25-48-52(28)31-16-17-31)51(40(53)54)39-47-24-30-22-35(43(44,45)46)34(23-36(30)49-39)29-18-20-50(21-19-29)42(5)27-55-26-38(42)56-57(41(2,3)4,32-12-8-6-9-13-32)33-14-10-7-11-15-33/h6-15,22-25,29,31,38H,16-21,26-27H2,1-5H3,(H,53,54). The number of anilines is 2. The van der Waals surface area contributed by atoms with E-state index in [1.807, 2.05) is 12.1 Å². The number of likely N-dealkylation sites (tertiary alicyclic amines) is 1. The maximum Gasteiger partial charge on any atom is 0.419 e. The highest BCUT2D eigenvalue weighted by atomic mass is 28.4. The molecule has 2 aliphatic heterocycles. The van der Waals surface area contributed by atoms with Crippen LogP contribution in [0.4, 0.5) is 29.6 Å². The van der Waals surface area contributed by atoms with E-state index in [0.717, 1.165) is 23.8 Å². The molecule has 14 heteroatoms. The van der Waals surface area contributed by atoms with Crippen molar-refractivity contribution < 1.29 is 32.2 Å². The van der Waals surface area contributed by atoms with E-state index in [-0.39, 0.29) is 39.6 Å². The number of hydrogen-bond acceptors (Lipinski definition) is 7. The predicted octanol–water partition coefficient (Wildman–Crippen LogP) is 8.22. The Kier molecular flexibility index (Phi) is 10.1. The molecule has 0 bridgehead atoms. The molecule has 8 rings (SSSR count). The van der Waals surface area contributed by atoms with Gasteiger partial charge >= 0.3 is 12.3 Å².